The molecule has 0 unspecified atom stereocenters. The number of ether oxygens (including phenoxy) is 1. The van der Waals surface area contributed by atoms with Crippen molar-refractivity contribution in [1.29, 1.82) is 0 Å². The van der Waals surface area contributed by atoms with Crippen molar-refractivity contribution in [3.05, 3.63) is 89.0 Å². The molecule has 3 N–H and O–H groups in total. The minimum absolute atomic E-state index is 0.156. The maximum atomic E-state index is 13.0. The van der Waals surface area contributed by atoms with Gasteiger partial charge in [-0.15, -0.1) is 0 Å². The number of carbonyl (C=O) groups is 4. The SMILES string of the molecule is COC(=O)c1cccc(N2C(=O)c3ccc(NC(=O)c4ccc(N)cc4)cc3C2=O)c1. The number of fused-ring (bicyclic) bond motifs is 1. The fraction of sp³-hybridized carbons (Fsp3) is 0.0435. The maximum absolute atomic E-state index is 13.0. The second kappa shape index (κ2) is 7.75. The molecule has 0 atom stereocenters. The zero-order valence-electron chi connectivity index (χ0n) is 16.4. The Hall–Kier alpha value is -4.46. The topological polar surface area (TPSA) is 119 Å². The highest BCUT2D eigenvalue weighted by Gasteiger charge is 2.37. The Morgan fingerprint density at radius 3 is 2.29 bits per heavy atom. The molecule has 8 heteroatoms. The molecular formula is C23H17N3O5. The molecule has 154 valence electrons. The van der Waals surface area contributed by atoms with Gasteiger partial charge in [-0.2, -0.15) is 0 Å². The van der Waals surface area contributed by atoms with Crippen LogP contribution in [0.5, 0.6) is 0 Å². The third-order valence-electron chi connectivity index (χ3n) is 4.84. The summed E-state index contributed by atoms with van der Waals surface area (Å²) in [7, 11) is 1.25. The molecule has 4 rings (SSSR count). The van der Waals surface area contributed by atoms with Gasteiger partial charge in [-0.1, -0.05) is 6.07 Å². The number of hydrogen-bond donors (Lipinski definition) is 2. The summed E-state index contributed by atoms with van der Waals surface area (Å²) in [5, 5.41) is 2.71. The third-order valence-corrected chi connectivity index (χ3v) is 4.84. The summed E-state index contributed by atoms with van der Waals surface area (Å²) in [6.07, 6.45) is 0. The highest BCUT2D eigenvalue weighted by atomic mass is 16.5. The Kier molecular flexibility index (Phi) is 4.96. The average molecular weight is 415 g/mol. The van der Waals surface area contributed by atoms with E-state index in [4.69, 9.17) is 10.5 Å². The maximum Gasteiger partial charge on any atom is 0.337 e. The number of nitrogens with one attached hydrogen (secondary N) is 1. The minimum atomic E-state index is -0.578. The monoisotopic (exact) mass is 415 g/mol. The van der Waals surface area contributed by atoms with E-state index < -0.39 is 17.8 Å². The lowest BCUT2D eigenvalue weighted by Crippen LogP contribution is -2.29. The lowest BCUT2D eigenvalue weighted by atomic mass is 10.1. The number of esters is 1. The number of carbonyl (C=O) groups excluding carboxylic acids is 4. The van der Waals surface area contributed by atoms with E-state index >= 15 is 0 Å². The van der Waals surface area contributed by atoms with Crippen LogP contribution in [0.3, 0.4) is 0 Å². The van der Waals surface area contributed by atoms with Crippen LogP contribution in [0.15, 0.2) is 66.7 Å². The first kappa shape index (κ1) is 19.8. The number of benzene rings is 3. The predicted molar refractivity (Wildman–Crippen MR) is 114 cm³/mol. The minimum Gasteiger partial charge on any atom is -0.465 e. The second-order valence-corrected chi connectivity index (χ2v) is 6.82. The predicted octanol–water partition coefficient (Wildman–Crippen LogP) is 3.11. The zero-order valence-corrected chi connectivity index (χ0v) is 16.4. The number of anilines is 3. The highest BCUT2D eigenvalue weighted by Crippen LogP contribution is 2.31. The van der Waals surface area contributed by atoms with Crippen molar-refractivity contribution in [3.63, 3.8) is 0 Å². The molecule has 8 nitrogen and oxygen atoms in total. The second-order valence-electron chi connectivity index (χ2n) is 6.82. The summed E-state index contributed by atoms with van der Waals surface area (Å²) in [5.74, 6) is -2.02. The molecule has 3 amide bonds. The summed E-state index contributed by atoms with van der Waals surface area (Å²) in [5.41, 5.74) is 7.77. The molecular weight excluding hydrogens is 398 g/mol. The molecule has 0 aliphatic carbocycles. The first-order valence-electron chi connectivity index (χ1n) is 9.27. The van der Waals surface area contributed by atoms with Crippen LogP contribution in [0.2, 0.25) is 0 Å². The Balaban J connectivity index is 1.61. The quantitative estimate of drug-likeness (QED) is 0.384. The number of rotatable bonds is 4. The average Bonchev–Trinajstić information content (AvgIpc) is 3.03. The van der Waals surface area contributed by atoms with E-state index in [0.29, 0.717) is 16.9 Å². The number of hydrogen-bond acceptors (Lipinski definition) is 6. The molecule has 0 radical (unpaired) electrons. The van der Waals surface area contributed by atoms with Gasteiger partial charge in [-0.3, -0.25) is 14.4 Å². The van der Waals surface area contributed by atoms with Gasteiger partial charge in [0.15, 0.2) is 0 Å². The van der Waals surface area contributed by atoms with Crippen LogP contribution in [-0.4, -0.2) is 30.8 Å². The van der Waals surface area contributed by atoms with Crippen molar-refractivity contribution < 1.29 is 23.9 Å². The molecule has 0 spiro atoms. The third kappa shape index (κ3) is 3.62. The Bertz CT molecular complexity index is 1230. The van der Waals surface area contributed by atoms with Crippen molar-refractivity contribution in [2.75, 3.05) is 23.1 Å². The Labute approximate surface area is 177 Å². The molecule has 3 aromatic carbocycles. The largest absolute Gasteiger partial charge is 0.465 e. The van der Waals surface area contributed by atoms with E-state index in [1.54, 1.807) is 42.5 Å². The van der Waals surface area contributed by atoms with Crippen LogP contribution < -0.4 is 16.0 Å². The summed E-state index contributed by atoms with van der Waals surface area (Å²) in [6.45, 7) is 0. The van der Waals surface area contributed by atoms with Crippen LogP contribution in [-0.2, 0) is 4.74 Å². The molecule has 0 saturated heterocycles. The number of nitrogen functional groups attached to an aromatic ring is 1. The first-order chi connectivity index (χ1) is 14.9. The van der Waals surface area contributed by atoms with E-state index in [9.17, 15) is 19.2 Å². The molecule has 3 aromatic rings. The van der Waals surface area contributed by atoms with Gasteiger partial charge in [0.2, 0.25) is 0 Å². The molecule has 1 aliphatic rings. The zero-order chi connectivity index (χ0) is 22.1. The number of imide groups is 1. The molecule has 0 aromatic heterocycles. The van der Waals surface area contributed by atoms with Gasteiger partial charge >= 0.3 is 5.97 Å². The van der Waals surface area contributed by atoms with Crippen molar-refractivity contribution in [2.24, 2.45) is 0 Å². The fourth-order valence-corrected chi connectivity index (χ4v) is 3.28. The normalized spacial score (nSPS) is 12.5. The van der Waals surface area contributed by atoms with E-state index in [0.717, 1.165) is 4.90 Å². The number of nitrogens with two attached hydrogens (primary N) is 1. The Morgan fingerprint density at radius 2 is 1.58 bits per heavy atom. The van der Waals surface area contributed by atoms with E-state index in [2.05, 4.69) is 5.32 Å². The van der Waals surface area contributed by atoms with E-state index in [1.807, 2.05) is 0 Å². The number of nitrogens with zero attached hydrogens (tertiary/aromatic N) is 1. The molecule has 1 aliphatic heterocycles. The van der Waals surface area contributed by atoms with Gasteiger partial charge in [0.1, 0.15) is 0 Å². The van der Waals surface area contributed by atoms with Crippen LogP contribution in [0.25, 0.3) is 0 Å². The van der Waals surface area contributed by atoms with Crippen LogP contribution in [0.4, 0.5) is 17.1 Å². The highest BCUT2D eigenvalue weighted by molar-refractivity contribution is 6.34. The number of amides is 3. The first-order valence-corrected chi connectivity index (χ1v) is 9.27. The van der Waals surface area contributed by atoms with Crippen molar-refractivity contribution in [1.82, 2.24) is 0 Å². The van der Waals surface area contributed by atoms with Crippen LogP contribution >= 0.6 is 0 Å². The molecule has 0 saturated carbocycles. The van der Waals surface area contributed by atoms with Crippen LogP contribution in [0, 0.1) is 0 Å². The van der Waals surface area contributed by atoms with Gasteiger partial charge in [-0.25, -0.2) is 9.69 Å². The number of methoxy groups -OCH3 is 1. The molecule has 0 bridgehead atoms. The lowest BCUT2D eigenvalue weighted by molar-refractivity contribution is 0.0600. The van der Waals surface area contributed by atoms with E-state index in [1.165, 1.54) is 31.4 Å². The molecule has 1 heterocycles. The summed E-state index contributed by atoms with van der Waals surface area (Å²) < 4.78 is 4.69. The molecule has 0 fully saturated rings. The summed E-state index contributed by atoms with van der Waals surface area (Å²) in [4.78, 5) is 51.0. The van der Waals surface area contributed by atoms with Gasteiger partial charge in [-0.05, 0) is 60.7 Å². The van der Waals surface area contributed by atoms with Crippen LogP contribution in [0.1, 0.15) is 41.4 Å². The van der Waals surface area contributed by atoms with E-state index in [-0.39, 0.29) is 28.3 Å². The molecule has 31 heavy (non-hydrogen) atoms. The van der Waals surface area contributed by atoms with Crippen molar-refractivity contribution >= 4 is 40.8 Å². The Morgan fingerprint density at radius 1 is 0.871 bits per heavy atom. The van der Waals surface area contributed by atoms with Gasteiger partial charge < -0.3 is 15.8 Å². The van der Waals surface area contributed by atoms with Crippen molar-refractivity contribution in [3.8, 4) is 0 Å². The summed E-state index contributed by atoms with van der Waals surface area (Å²) in [6, 6.07) is 16.9. The van der Waals surface area contributed by atoms with Gasteiger partial charge in [0.25, 0.3) is 17.7 Å². The van der Waals surface area contributed by atoms with Gasteiger partial charge in [0.05, 0.1) is 29.5 Å². The lowest BCUT2D eigenvalue weighted by Gasteiger charge is -2.14. The summed E-state index contributed by atoms with van der Waals surface area (Å²) >= 11 is 0. The smallest absolute Gasteiger partial charge is 0.337 e. The van der Waals surface area contributed by atoms with Gasteiger partial charge in [0, 0.05) is 16.9 Å². The van der Waals surface area contributed by atoms with Crippen molar-refractivity contribution in [2.45, 2.75) is 0 Å². The standard InChI is InChI=1S/C23H17N3O5/c1-31-23(30)14-3-2-4-17(11-14)26-21(28)18-10-9-16(12-19(18)22(26)29)25-20(27)13-5-7-15(24)8-6-13/h2-12H,24H2,1H3,(H,25,27). The fourth-order valence-electron chi connectivity index (χ4n) is 3.28.